The number of hydrogen-bond donors (Lipinski definition) is 4. The van der Waals surface area contributed by atoms with Crippen LogP contribution in [0.5, 0.6) is 0 Å². The third-order valence-electron chi connectivity index (χ3n) is 3.05. The smallest absolute Gasteiger partial charge is 0.308 e. The van der Waals surface area contributed by atoms with Crippen molar-refractivity contribution in [3.8, 4) is 0 Å². The zero-order valence-electron chi connectivity index (χ0n) is 11.4. The Balaban J connectivity index is 1.75. The molecule has 6 nitrogen and oxygen atoms in total. The average Bonchev–Trinajstić information content (AvgIpc) is 2.78. The third kappa shape index (κ3) is 2.94. The van der Waals surface area contributed by atoms with Crippen molar-refractivity contribution in [2.24, 2.45) is 0 Å². The number of rotatable bonds is 2. The lowest BCUT2D eigenvalue weighted by atomic mass is 10.2. The molecule has 0 aliphatic rings. The van der Waals surface area contributed by atoms with Crippen LogP contribution >= 0.6 is 0 Å². The first-order chi connectivity index (χ1) is 10.1. The van der Waals surface area contributed by atoms with E-state index in [1.54, 1.807) is 18.2 Å². The predicted octanol–water partition coefficient (Wildman–Crippen LogP) is 2.81. The van der Waals surface area contributed by atoms with E-state index in [4.69, 9.17) is 0 Å². The van der Waals surface area contributed by atoms with Gasteiger partial charge in [0.15, 0.2) is 0 Å². The van der Waals surface area contributed by atoms with Gasteiger partial charge in [-0.1, -0.05) is 12.1 Å². The molecule has 0 saturated carbocycles. The molecular formula is C15H14N4O2. The summed E-state index contributed by atoms with van der Waals surface area (Å²) in [6.07, 6.45) is 0. The summed E-state index contributed by atoms with van der Waals surface area (Å²) in [5, 5.41) is 5.48. The molecule has 3 rings (SSSR count). The van der Waals surface area contributed by atoms with Gasteiger partial charge >= 0.3 is 11.7 Å². The standard InChI is InChI=1S/C15H14N4O2/c1-9-3-2-4-10(7-9)16-14(20)17-11-5-6-12-13(8-11)19-15(21)18-12/h2-8H,1H3,(H2,16,17,20)(H2,18,19,21). The number of aromatic nitrogens is 2. The Morgan fingerprint density at radius 1 is 0.952 bits per heavy atom. The van der Waals surface area contributed by atoms with Gasteiger partial charge in [0.25, 0.3) is 0 Å². The molecule has 0 atom stereocenters. The lowest BCUT2D eigenvalue weighted by Crippen LogP contribution is -2.19. The summed E-state index contributed by atoms with van der Waals surface area (Å²) < 4.78 is 0. The van der Waals surface area contributed by atoms with Gasteiger partial charge in [-0.2, -0.15) is 0 Å². The molecule has 2 amide bonds. The van der Waals surface area contributed by atoms with Crippen LogP contribution in [-0.2, 0) is 0 Å². The largest absolute Gasteiger partial charge is 0.323 e. The maximum atomic E-state index is 11.9. The lowest BCUT2D eigenvalue weighted by Gasteiger charge is -2.08. The summed E-state index contributed by atoms with van der Waals surface area (Å²) in [6.45, 7) is 1.96. The van der Waals surface area contributed by atoms with E-state index >= 15 is 0 Å². The number of anilines is 2. The van der Waals surface area contributed by atoms with Gasteiger partial charge in [-0.15, -0.1) is 0 Å². The first-order valence-corrected chi connectivity index (χ1v) is 6.47. The predicted molar refractivity (Wildman–Crippen MR) is 82.7 cm³/mol. The number of carbonyl (C=O) groups excluding carboxylic acids is 1. The Hall–Kier alpha value is -3.02. The molecule has 106 valence electrons. The number of hydrogen-bond acceptors (Lipinski definition) is 2. The highest BCUT2D eigenvalue weighted by Crippen LogP contribution is 2.15. The van der Waals surface area contributed by atoms with Gasteiger partial charge in [0, 0.05) is 11.4 Å². The second-order valence-electron chi connectivity index (χ2n) is 4.79. The summed E-state index contributed by atoms with van der Waals surface area (Å²) in [7, 11) is 0. The molecule has 21 heavy (non-hydrogen) atoms. The second-order valence-corrected chi connectivity index (χ2v) is 4.79. The average molecular weight is 282 g/mol. The first kappa shape index (κ1) is 13.0. The van der Waals surface area contributed by atoms with Gasteiger partial charge in [0.1, 0.15) is 0 Å². The molecule has 4 N–H and O–H groups in total. The van der Waals surface area contributed by atoms with Crippen molar-refractivity contribution < 1.29 is 4.79 Å². The number of aryl methyl sites for hydroxylation is 1. The van der Waals surface area contributed by atoms with E-state index in [0.29, 0.717) is 16.7 Å². The number of fused-ring (bicyclic) bond motifs is 1. The van der Waals surface area contributed by atoms with Gasteiger partial charge in [-0.25, -0.2) is 9.59 Å². The topological polar surface area (TPSA) is 89.8 Å². The SMILES string of the molecule is Cc1cccc(NC(=O)Nc2ccc3[nH]c(=O)[nH]c3c2)c1. The molecule has 0 fully saturated rings. The van der Waals surface area contributed by atoms with Gasteiger partial charge in [-0.05, 0) is 42.8 Å². The van der Waals surface area contributed by atoms with Crippen LogP contribution in [0.4, 0.5) is 16.2 Å². The van der Waals surface area contributed by atoms with Crippen molar-refractivity contribution in [2.45, 2.75) is 6.92 Å². The van der Waals surface area contributed by atoms with Crippen LogP contribution in [0.1, 0.15) is 5.56 Å². The molecule has 0 spiro atoms. The molecule has 0 saturated heterocycles. The molecule has 6 heteroatoms. The zero-order chi connectivity index (χ0) is 14.8. The minimum Gasteiger partial charge on any atom is -0.308 e. The van der Waals surface area contributed by atoms with Crippen molar-refractivity contribution in [1.82, 2.24) is 9.97 Å². The van der Waals surface area contributed by atoms with Crippen LogP contribution in [0.25, 0.3) is 11.0 Å². The van der Waals surface area contributed by atoms with Crippen LogP contribution < -0.4 is 16.3 Å². The van der Waals surface area contributed by atoms with Gasteiger partial charge < -0.3 is 20.6 Å². The summed E-state index contributed by atoms with van der Waals surface area (Å²) in [5.74, 6) is 0. The van der Waals surface area contributed by atoms with Gasteiger partial charge in [0.2, 0.25) is 0 Å². The minimum absolute atomic E-state index is 0.272. The maximum absolute atomic E-state index is 11.9. The summed E-state index contributed by atoms with van der Waals surface area (Å²) >= 11 is 0. The van der Waals surface area contributed by atoms with Crippen LogP contribution in [-0.4, -0.2) is 16.0 Å². The second kappa shape index (κ2) is 5.16. The maximum Gasteiger partial charge on any atom is 0.323 e. The first-order valence-electron chi connectivity index (χ1n) is 6.47. The Labute approximate surface area is 120 Å². The Morgan fingerprint density at radius 2 is 1.67 bits per heavy atom. The number of nitrogens with one attached hydrogen (secondary N) is 4. The fourth-order valence-corrected chi connectivity index (χ4v) is 2.13. The van der Waals surface area contributed by atoms with Crippen LogP contribution in [0.3, 0.4) is 0 Å². The number of benzene rings is 2. The Kier molecular flexibility index (Phi) is 3.19. The van der Waals surface area contributed by atoms with E-state index in [1.165, 1.54) is 0 Å². The van der Waals surface area contributed by atoms with Crippen molar-refractivity contribution in [2.75, 3.05) is 10.6 Å². The molecule has 0 radical (unpaired) electrons. The van der Waals surface area contributed by atoms with Crippen LogP contribution in [0.2, 0.25) is 0 Å². The number of urea groups is 1. The highest BCUT2D eigenvalue weighted by Gasteiger charge is 2.05. The minimum atomic E-state index is -0.335. The molecule has 0 bridgehead atoms. The molecule has 0 aliphatic carbocycles. The van der Waals surface area contributed by atoms with Crippen molar-refractivity contribution in [3.63, 3.8) is 0 Å². The van der Waals surface area contributed by atoms with Gasteiger partial charge in [-0.3, -0.25) is 0 Å². The fraction of sp³-hybridized carbons (Fsp3) is 0.0667. The van der Waals surface area contributed by atoms with Crippen LogP contribution in [0.15, 0.2) is 47.3 Å². The highest BCUT2D eigenvalue weighted by atomic mass is 16.2. The zero-order valence-corrected chi connectivity index (χ0v) is 11.4. The lowest BCUT2D eigenvalue weighted by molar-refractivity contribution is 0.262. The number of amides is 2. The van der Waals surface area contributed by atoms with Crippen molar-refractivity contribution >= 4 is 28.4 Å². The Morgan fingerprint density at radius 3 is 2.43 bits per heavy atom. The van der Waals surface area contributed by atoms with E-state index in [0.717, 1.165) is 11.3 Å². The van der Waals surface area contributed by atoms with Crippen LogP contribution in [0, 0.1) is 6.92 Å². The number of H-pyrrole nitrogens is 2. The molecular weight excluding hydrogens is 268 g/mol. The van der Waals surface area contributed by atoms with E-state index in [2.05, 4.69) is 20.6 Å². The molecule has 2 aromatic carbocycles. The highest BCUT2D eigenvalue weighted by molar-refractivity contribution is 6.00. The van der Waals surface area contributed by atoms with E-state index in [1.807, 2.05) is 31.2 Å². The number of aromatic amines is 2. The fourth-order valence-electron chi connectivity index (χ4n) is 2.13. The number of imidazole rings is 1. The van der Waals surface area contributed by atoms with Crippen molar-refractivity contribution in [3.05, 3.63) is 58.5 Å². The molecule has 1 heterocycles. The molecule has 1 aromatic heterocycles. The van der Waals surface area contributed by atoms with E-state index < -0.39 is 0 Å². The summed E-state index contributed by atoms with van der Waals surface area (Å²) in [5.41, 5.74) is 3.47. The summed E-state index contributed by atoms with van der Waals surface area (Å²) in [4.78, 5) is 28.4. The number of carbonyl (C=O) groups is 1. The van der Waals surface area contributed by atoms with E-state index in [-0.39, 0.29) is 11.7 Å². The van der Waals surface area contributed by atoms with Crippen molar-refractivity contribution in [1.29, 1.82) is 0 Å². The normalized spacial score (nSPS) is 10.5. The van der Waals surface area contributed by atoms with Gasteiger partial charge in [0.05, 0.1) is 11.0 Å². The van der Waals surface area contributed by atoms with E-state index in [9.17, 15) is 9.59 Å². The monoisotopic (exact) mass is 282 g/mol. The molecule has 0 aliphatic heterocycles. The quantitative estimate of drug-likeness (QED) is 0.582. The summed E-state index contributed by atoms with van der Waals surface area (Å²) in [6, 6.07) is 12.4. The Bertz CT molecular complexity index is 863. The molecule has 3 aromatic rings. The molecule has 0 unspecified atom stereocenters. The third-order valence-corrected chi connectivity index (χ3v) is 3.05.